The maximum atomic E-state index is 12.3. The van der Waals surface area contributed by atoms with Crippen molar-refractivity contribution in [3.8, 4) is 12.3 Å². The maximum absolute atomic E-state index is 12.3. The molecule has 1 aliphatic heterocycles. The van der Waals surface area contributed by atoms with E-state index < -0.39 is 11.4 Å². The van der Waals surface area contributed by atoms with Crippen molar-refractivity contribution in [2.45, 2.75) is 13.5 Å². The van der Waals surface area contributed by atoms with E-state index in [0.29, 0.717) is 24.7 Å². The van der Waals surface area contributed by atoms with Gasteiger partial charge in [0, 0.05) is 45.1 Å². The Bertz CT molecular complexity index is 907. The van der Waals surface area contributed by atoms with E-state index in [4.69, 9.17) is 6.42 Å². The van der Waals surface area contributed by atoms with Gasteiger partial charge in [0.25, 0.3) is 0 Å². The van der Waals surface area contributed by atoms with Gasteiger partial charge in [-0.2, -0.15) is 4.98 Å². The van der Waals surface area contributed by atoms with Crippen LogP contribution in [-0.4, -0.2) is 63.2 Å². The molecule has 25 heavy (non-hydrogen) atoms. The summed E-state index contributed by atoms with van der Waals surface area (Å²) < 4.78 is 1.67. The zero-order valence-electron chi connectivity index (χ0n) is 14.0. The molecule has 1 saturated heterocycles. The largest absolute Gasteiger partial charge is 0.477 e. The Morgan fingerprint density at radius 1 is 1.36 bits per heavy atom. The lowest BCUT2D eigenvalue weighted by molar-refractivity contribution is 0.0695. The topological polar surface area (TPSA) is 91.6 Å². The van der Waals surface area contributed by atoms with Gasteiger partial charge in [-0.1, -0.05) is 5.92 Å². The highest BCUT2D eigenvalue weighted by molar-refractivity contribution is 5.91. The number of aryl methyl sites for hydroxylation is 1. The smallest absolute Gasteiger partial charge is 0.341 e. The second kappa shape index (κ2) is 6.91. The lowest BCUT2D eigenvalue weighted by atomic mass is 10.2. The Balaban J connectivity index is 1.98. The van der Waals surface area contributed by atoms with Gasteiger partial charge in [-0.15, -0.1) is 6.42 Å². The van der Waals surface area contributed by atoms with Crippen molar-refractivity contribution < 1.29 is 9.90 Å². The molecule has 3 heterocycles. The molecular weight excluding hydrogens is 322 g/mol. The summed E-state index contributed by atoms with van der Waals surface area (Å²) in [7, 11) is 0. The SMILES string of the molecule is C#CCN1CCN(c2ncc3c(=O)c(C(=O)O)cn(CC)c3n2)CC1. The van der Waals surface area contributed by atoms with Crippen LogP contribution in [0.3, 0.4) is 0 Å². The summed E-state index contributed by atoms with van der Waals surface area (Å²) in [4.78, 5) is 36.6. The Labute approximate surface area is 144 Å². The van der Waals surface area contributed by atoms with E-state index in [0.717, 1.165) is 26.2 Å². The fraction of sp³-hybridized carbons (Fsp3) is 0.412. The van der Waals surface area contributed by atoms with E-state index in [1.807, 2.05) is 11.8 Å². The summed E-state index contributed by atoms with van der Waals surface area (Å²) in [6.45, 7) is 6.14. The number of carboxylic acid groups (broad SMARTS) is 1. The average Bonchev–Trinajstić information content (AvgIpc) is 2.62. The Morgan fingerprint density at radius 3 is 2.68 bits per heavy atom. The number of hydrogen-bond donors (Lipinski definition) is 1. The van der Waals surface area contributed by atoms with Crippen LogP contribution in [0.5, 0.6) is 0 Å². The number of carbonyl (C=O) groups is 1. The summed E-state index contributed by atoms with van der Waals surface area (Å²) >= 11 is 0. The molecule has 2 aromatic rings. The van der Waals surface area contributed by atoms with Gasteiger partial charge in [0.15, 0.2) is 0 Å². The van der Waals surface area contributed by atoms with Crippen LogP contribution in [-0.2, 0) is 6.54 Å². The van der Waals surface area contributed by atoms with Crippen molar-refractivity contribution in [3.05, 3.63) is 28.2 Å². The zero-order valence-corrected chi connectivity index (χ0v) is 14.0. The van der Waals surface area contributed by atoms with Crippen molar-refractivity contribution >= 4 is 23.0 Å². The fourth-order valence-electron chi connectivity index (χ4n) is 2.94. The van der Waals surface area contributed by atoms with Crippen molar-refractivity contribution in [2.24, 2.45) is 0 Å². The highest BCUT2D eigenvalue weighted by atomic mass is 16.4. The Morgan fingerprint density at radius 2 is 2.08 bits per heavy atom. The van der Waals surface area contributed by atoms with E-state index in [9.17, 15) is 14.7 Å². The van der Waals surface area contributed by atoms with Crippen molar-refractivity contribution in [2.75, 3.05) is 37.6 Å². The first-order chi connectivity index (χ1) is 12.0. The first kappa shape index (κ1) is 16.9. The van der Waals surface area contributed by atoms with E-state index in [1.165, 1.54) is 12.4 Å². The van der Waals surface area contributed by atoms with E-state index in [2.05, 4.69) is 20.8 Å². The van der Waals surface area contributed by atoms with E-state index >= 15 is 0 Å². The Kier molecular flexibility index (Phi) is 4.67. The van der Waals surface area contributed by atoms with Crippen molar-refractivity contribution in [1.29, 1.82) is 0 Å². The Hall–Kier alpha value is -2.92. The lowest BCUT2D eigenvalue weighted by Crippen LogP contribution is -2.47. The lowest BCUT2D eigenvalue weighted by Gasteiger charge is -2.33. The highest BCUT2D eigenvalue weighted by Gasteiger charge is 2.20. The number of fused-ring (bicyclic) bond motifs is 1. The van der Waals surface area contributed by atoms with Gasteiger partial charge in [0.05, 0.1) is 11.9 Å². The molecule has 2 aromatic heterocycles. The predicted molar refractivity (Wildman–Crippen MR) is 93.9 cm³/mol. The molecule has 130 valence electrons. The zero-order chi connectivity index (χ0) is 18.0. The average molecular weight is 341 g/mol. The third-order valence-electron chi connectivity index (χ3n) is 4.34. The molecule has 0 spiro atoms. The molecule has 1 aliphatic rings. The number of pyridine rings is 1. The molecule has 0 unspecified atom stereocenters. The van der Waals surface area contributed by atoms with Crippen LogP contribution >= 0.6 is 0 Å². The highest BCUT2D eigenvalue weighted by Crippen LogP contribution is 2.16. The van der Waals surface area contributed by atoms with Gasteiger partial charge in [-0.25, -0.2) is 9.78 Å². The number of terminal acetylenes is 1. The van der Waals surface area contributed by atoms with Gasteiger partial charge in [0.2, 0.25) is 11.4 Å². The number of rotatable bonds is 4. The summed E-state index contributed by atoms with van der Waals surface area (Å²) in [5.41, 5.74) is -0.375. The standard InChI is InChI=1S/C17H19N5O3/c1-3-5-20-6-8-22(9-7-20)17-18-10-12-14(23)13(16(24)25)11-21(4-2)15(12)19-17/h1,10-11H,4-9H2,2H3,(H,24,25). The van der Waals surface area contributed by atoms with Crippen LogP contribution in [0, 0.1) is 12.3 Å². The molecule has 1 fully saturated rings. The summed E-state index contributed by atoms with van der Waals surface area (Å²) in [6, 6.07) is 0. The first-order valence-electron chi connectivity index (χ1n) is 8.09. The molecule has 0 bridgehead atoms. The fourth-order valence-corrected chi connectivity index (χ4v) is 2.94. The van der Waals surface area contributed by atoms with Gasteiger partial charge in [0.1, 0.15) is 11.2 Å². The third kappa shape index (κ3) is 3.19. The summed E-state index contributed by atoms with van der Waals surface area (Å²) in [5, 5.41) is 9.41. The molecule has 3 rings (SSSR count). The molecule has 0 atom stereocenters. The minimum Gasteiger partial charge on any atom is -0.477 e. The van der Waals surface area contributed by atoms with Gasteiger partial charge < -0.3 is 14.6 Å². The van der Waals surface area contributed by atoms with Gasteiger partial charge in [-0.3, -0.25) is 9.69 Å². The number of piperazine rings is 1. The molecule has 0 aromatic carbocycles. The number of aromatic nitrogens is 3. The first-order valence-corrected chi connectivity index (χ1v) is 8.09. The minimum atomic E-state index is -1.25. The molecular formula is C17H19N5O3. The maximum Gasteiger partial charge on any atom is 0.341 e. The second-order valence-electron chi connectivity index (χ2n) is 5.84. The number of hydrogen-bond acceptors (Lipinski definition) is 6. The molecule has 8 nitrogen and oxygen atoms in total. The normalized spacial score (nSPS) is 15.3. The van der Waals surface area contributed by atoms with Crippen molar-refractivity contribution in [1.82, 2.24) is 19.4 Å². The number of aromatic carboxylic acids is 1. The van der Waals surface area contributed by atoms with Crippen LogP contribution in [0.2, 0.25) is 0 Å². The van der Waals surface area contributed by atoms with Gasteiger partial charge >= 0.3 is 5.97 Å². The number of nitrogens with zero attached hydrogens (tertiary/aromatic N) is 5. The van der Waals surface area contributed by atoms with E-state index in [1.54, 1.807) is 4.57 Å². The van der Waals surface area contributed by atoms with Gasteiger partial charge in [-0.05, 0) is 6.92 Å². The monoisotopic (exact) mass is 341 g/mol. The molecule has 0 saturated carbocycles. The van der Waals surface area contributed by atoms with Crippen LogP contribution in [0.15, 0.2) is 17.2 Å². The quantitative estimate of drug-likeness (QED) is 0.798. The van der Waals surface area contributed by atoms with Crippen molar-refractivity contribution in [3.63, 3.8) is 0 Å². The predicted octanol–water partition coefficient (Wildman–Crippen LogP) is 0.265. The molecule has 1 N–H and O–H groups in total. The molecule has 0 radical (unpaired) electrons. The number of carboxylic acids is 1. The summed E-state index contributed by atoms with van der Waals surface area (Å²) in [5.74, 6) is 1.93. The summed E-state index contributed by atoms with van der Waals surface area (Å²) in [6.07, 6.45) is 8.11. The molecule has 0 amide bonds. The van der Waals surface area contributed by atoms with Crippen LogP contribution in [0.1, 0.15) is 17.3 Å². The third-order valence-corrected chi connectivity index (χ3v) is 4.34. The minimum absolute atomic E-state index is 0.219. The van der Waals surface area contributed by atoms with Crippen LogP contribution in [0.4, 0.5) is 5.95 Å². The van der Waals surface area contributed by atoms with Crippen LogP contribution in [0.25, 0.3) is 11.0 Å². The second-order valence-corrected chi connectivity index (χ2v) is 5.84. The molecule has 8 heteroatoms. The van der Waals surface area contributed by atoms with Crippen LogP contribution < -0.4 is 10.3 Å². The molecule has 0 aliphatic carbocycles. The van der Waals surface area contributed by atoms with E-state index in [-0.39, 0.29) is 10.9 Å². The number of anilines is 1.